The molecule has 3 aromatic rings. The Hall–Kier alpha value is -1.68. The van der Waals surface area contributed by atoms with Gasteiger partial charge < -0.3 is 10.6 Å². The summed E-state index contributed by atoms with van der Waals surface area (Å²) in [5.74, 6) is 1.43. The molecule has 2 N–H and O–H groups in total. The Balaban J connectivity index is 1.85. The lowest BCUT2D eigenvalue weighted by atomic mass is 9.96. The first kappa shape index (κ1) is 16.8. The summed E-state index contributed by atoms with van der Waals surface area (Å²) in [6, 6.07) is 2.15. The number of alkyl halides is 1. The van der Waals surface area contributed by atoms with Crippen molar-refractivity contribution in [2.75, 3.05) is 18.4 Å². The van der Waals surface area contributed by atoms with Crippen molar-refractivity contribution < 1.29 is 0 Å². The van der Waals surface area contributed by atoms with Crippen LogP contribution in [0.25, 0.3) is 16.8 Å². The molecule has 1 saturated heterocycles. The number of nitrogens with zero attached hydrogens (tertiary/aromatic N) is 5. The van der Waals surface area contributed by atoms with Gasteiger partial charge in [-0.05, 0) is 26.3 Å². The van der Waals surface area contributed by atoms with E-state index in [1.165, 1.54) is 12.8 Å². The predicted molar refractivity (Wildman–Crippen MR) is 107 cm³/mol. The highest BCUT2D eigenvalue weighted by Crippen LogP contribution is 2.30. The van der Waals surface area contributed by atoms with Gasteiger partial charge in [-0.1, -0.05) is 22.6 Å². The van der Waals surface area contributed by atoms with Crippen molar-refractivity contribution >= 4 is 34.1 Å². The van der Waals surface area contributed by atoms with E-state index in [-0.39, 0.29) is 0 Å². The van der Waals surface area contributed by atoms with Gasteiger partial charge >= 0.3 is 0 Å². The molecule has 0 bridgehead atoms. The van der Waals surface area contributed by atoms with Gasteiger partial charge in [0.05, 0.1) is 22.1 Å². The molecule has 2 unspecified atom stereocenters. The number of hydrogen-bond donors (Lipinski definition) is 2. The molecule has 4 rings (SSSR count). The molecule has 132 valence electrons. The minimum absolute atomic E-state index is 0.298. The quantitative estimate of drug-likeness (QED) is 0.363. The third kappa shape index (κ3) is 3.37. The molecule has 25 heavy (non-hydrogen) atoms. The second-order valence-corrected chi connectivity index (χ2v) is 8.43. The van der Waals surface area contributed by atoms with Gasteiger partial charge in [0.15, 0.2) is 5.65 Å². The van der Waals surface area contributed by atoms with Crippen LogP contribution in [0.2, 0.25) is 0 Å². The number of aromatic nitrogens is 5. The van der Waals surface area contributed by atoms with Gasteiger partial charge in [-0.3, -0.25) is 4.68 Å². The molecule has 0 amide bonds. The molecule has 0 saturated carbocycles. The van der Waals surface area contributed by atoms with Gasteiger partial charge in [0.1, 0.15) is 5.82 Å². The first-order valence-corrected chi connectivity index (χ1v) is 9.85. The summed E-state index contributed by atoms with van der Waals surface area (Å²) in [6.45, 7) is 4.21. The SMILES string of the molecule is CC(I)Nc1cc(C2CCCNC2)nc2c(-c3cnn(C)c3)cnn12. The van der Waals surface area contributed by atoms with Crippen LogP contribution in [-0.4, -0.2) is 41.5 Å². The first-order chi connectivity index (χ1) is 12.1. The van der Waals surface area contributed by atoms with Gasteiger partial charge in [0.2, 0.25) is 0 Å². The number of fused-ring (bicyclic) bond motifs is 1. The molecule has 0 aliphatic carbocycles. The van der Waals surface area contributed by atoms with E-state index in [1.54, 1.807) is 4.68 Å². The number of hydrogen-bond acceptors (Lipinski definition) is 5. The largest absolute Gasteiger partial charge is 0.359 e. The zero-order chi connectivity index (χ0) is 17.4. The summed E-state index contributed by atoms with van der Waals surface area (Å²) >= 11 is 2.37. The summed E-state index contributed by atoms with van der Waals surface area (Å²) in [5.41, 5.74) is 4.07. The summed E-state index contributed by atoms with van der Waals surface area (Å²) in [6.07, 6.45) is 8.11. The molecule has 7 nitrogen and oxygen atoms in total. The molecule has 0 aromatic carbocycles. The Kier molecular flexibility index (Phi) is 4.63. The molecule has 2 atom stereocenters. The van der Waals surface area contributed by atoms with E-state index in [0.717, 1.165) is 41.4 Å². The molecule has 0 spiro atoms. The Bertz CT molecular complexity index is 876. The van der Waals surface area contributed by atoms with Crippen molar-refractivity contribution in [3.63, 3.8) is 0 Å². The maximum atomic E-state index is 4.99. The van der Waals surface area contributed by atoms with Crippen molar-refractivity contribution in [3.05, 3.63) is 30.4 Å². The number of piperidine rings is 1. The van der Waals surface area contributed by atoms with Gasteiger partial charge in [0, 0.05) is 42.9 Å². The van der Waals surface area contributed by atoms with Gasteiger partial charge in [-0.2, -0.15) is 14.7 Å². The summed E-state index contributed by atoms with van der Waals surface area (Å²) in [4.78, 5) is 4.99. The number of aryl methyl sites for hydroxylation is 1. The molecule has 1 aliphatic heterocycles. The molecule has 1 fully saturated rings. The number of anilines is 1. The van der Waals surface area contributed by atoms with Crippen molar-refractivity contribution in [2.24, 2.45) is 7.05 Å². The van der Waals surface area contributed by atoms with Gasteiger partial charge in [-0.15, -0.1) is 0 Å². The normalized spacial score (nSPS) is 19.2. The van der Waals surface area contributed by atoms with Crippen LogP contribution in [0.1, 0.15) is 31.4 Å². The van der Waals surface area contributed by atoms with E-state index < -0.39 is 0 Å². The van der Waals surface area contributed by atoms with Crippen LogP contribution in [0.5, 0.6) is 0 Å². The summed E-state index contributed by atoms with van der Waals surface area (Å²) in [7, 11) is 1.92. The molecule has 8 heteroatoms. The van der Waals surface area contributed by atoms with E-state index in [4.69, 9.17) is 4.98 Å². The third-order valence-electron chi connectivity index (χ3n) is 4.57. The molecular weight excluding hydrogens is 429 g/mol. The van der Waals surface area contributed by atoms with Crippen molar-refractivity contribution in [1.82, 2.24) is 29.7 Å². The predicted octanol–water partition coefficient (Wildman–Crippen LogP) is 2.79. The molecule has 1 aliphatic rings. The minimum Gasteiger partial charge on any atom is -0.359 e. The van der Waals surface area contributed by atoms with Crippen LogP contribution in [-0.2, 0) is 7.05 Å². The van der Waals surface area contributed by atoms with Crippen molar-refractivity contribution in [3.8, 4) is 11.1 Å². The van der Waals surface area contributed by atoms with Gasteiger partial charge in [-0.25, -0.2) is 4.98 Å². The lowest BCUT2D eigenvalue weighted by Gasteiger charge is -2.23. The summed E-state index contributed by atoms with van der Waals surface area (Å²) < 4.78 is 4.00. The first-order valence-electron chi connectivity index (χ1n) is 8.61. The maximum absolute atomic E-state index is 4.99. The fourth-order valence-corrected chi connectivity index (χ4v) is 3.68. The molecule has 3 aromatic heterocycles. The van der Waals surface area contributed by atoms with E-state index in [2.05, 4.69) is 56.4 Å². The average Bonchev–Trinajstić information content (AvgIpc) is 3.21. The van der Waals surface area contributed by atoms with E-state index in [0.29, 0.717) is 9.97 Å². The van der Waals surface area contributed by atoms with Crippen LogP contribution in [0.3, 0.4) is 0 Å². The fourth-order valence-electron chi connectivity index (χ4n) is 3.37. The van der Waals surface area contributed by atoms with Crippen LogP contribution in [0.4, 0.5) is 5.82 Å². The number of rotatable bonds is 4. The highest BCUT2D eigenvalue weighted by Gasteiger charge is 2.21. The lowest BCUT2D eigenvalue weighted by Crippen LogP contribution is -2.29. The fraction of sp³-hybridized carbons (Fsp3) is 0.471. The zero-order valence-corrected chi connectivity index (χ0v) is 16.6. The smallest absolute Gasteiger partial charge is 0.165 e. The monoisotopic (exact) mass is 451 g/mol. The Labute approximate surface area is 160 Å². The third-order valence-corrected chi connectivity index (χ3v) is 4.88. The Morgan fingerprint density at radius 2 is 2.24 bits per heavy atom. The zero-order valence-electron chi connectivity index (χ0n) is 14.4. The number of halogens is 1. The van der Waals surface area contributed by atoms with Crippen LogP contribution in [0, 0.1) is 0 Å². The van der Waals surface area contributed by atoms with Crippen LogP contribution < -0.4 is 10.6 Å². The molecule has 0 radical (unpaired) electrons. The van der Waals surface area contributed by atoms with Crippen LogP contribution in [0.15, 0.2) is 24.7 Å². The molecule has 4 heterocycles. The Morgan fingerprint density at radius 1 is 1.36 bits per heavy atom. The maximum Gasteiger partial charge on any atom is 0.165 e. The van der Waals surface area contributed by atoms with Crippen molar-refractivity contribution in [1.29, 1.82) is 0 Å². The topological polar surface area (TPSA) is 72.1 Å². The summed E-state index contributed by atoms with van der Waals surface area (Å²) in [5, 5.41) is 15.9. The van der Waals surface area contributed by atoms with Crippen molar-refractivity contribution in [2.45, 2.75) is 29.7 Å². The lowest BCUT2D eigenvalue weighted by molar-refractivity contribution is 0.455. The van der Waals surface area contributed by atoms with E-state index in [1.807, 2.05) is 30.2 Å². The average molecular weight is 451 g/mol. The second-order valence-electron chi connectivity index (χ2n) is 6.57. The minimum atomic E-state index is 0.298. The van der Waals surface area contributed by atoms with Gasteiger partial charge in [0.25, 0.3) is 0 Å². The highest BCUT2D eigenvalue weighted by molar-refractivity contribution is 14.1. The second kappa shape index (κ2) is 6.91. The van der Waals surface area contributed by atoms with Crippen LogP contribution >= 0.6 is 22.6 Å². The van der Waals surface area contributed by atoms with E-state index in [9.17, 15) is 0 Å². The molecular formula is C17H22IN7. The number of nitrogens with one attached hydrogen (secondary N) is 2. The standard InChI is InChI=1S/C17H22IN7/c1-11(18)22-16-6-15(12-4-3-5-19-7-12)23-17-14(9-21-25(16)17)13-8-20-24(2)10-13/h6,8-12,19,22H,3-5,7H2,1-2H3. The highest BCUT2D eigenvalue weighted by atomic mass is 127. The van der Waals surface area contributed by atoms with E-state index >= 15 is 0 Å². The Morgan fingerprint density at radius 3 is 2.92 bits per heavy atom.